The topological polar surface area (TPSA) is 46.2 Å². The molecule has 0 spiro atoms. The standard InChI is InChI=1S/C30H32O5/c1-31-26-16-7-4-11-22(26)13-10-14-24-21-34-29(20-19-23-12-5-8-17-27(23)32-2)35-30(24)25-15-6-9-18-28(25)33-3/h4-13,15-20,24,29-30H,14,21H2,1-3H3/b13-10+,20-19+/t24-,29-,30-/m1/s1. The summed E-state index contributed by atoms with van der Waals surface area (Å²) in [5.74, 6) is 2.58. The molecule has 1 saturated heterocycles. The van der Waals surface area contributed by atoms with Gasteiger partial charge in [-0.2, -0.15) is 0 Å². The van der Waals surface area contributed by atoms with E-state index in [-0.39, 0.29) is 12.0 Å². The van der Waals surface area contributed by atoms with Crippen molar-refractivity contribution in [3.05, 3.63) is 102 Å². The summed E-state index contributed by atoms with van der Waals surface area (Å²) in [4.78, 5) is 0. The molecule has 0 N–H and O–H groups in total. The molecule has 182 valence electrons. The molecule has 3 aromatic carbocycles. The summed E-state index contributed by atoms with van der Waals surface area (Å²) in [6.07, 6.45) is 8.27. The van der Waals surface area contributed by atoms with Gasteiger partial charge in [0.1, 0.15) is 17.2 Å². The van der Waals surface area contributed by atoms with Crippen molar-refractivity contribution in [1.29, 1.82) is 0 Å². The summed E-state index contributed by atoms with van der Waals surface area (Å²) in [6.45, 7) is 0.555. The van der Waals surface area contributed by atoms with Gasteiger partial charge in [-0.25, -0.2) is 0 Å². The van der Waals surface area contributed by atoms with Crippen molar-refractivity contribution in [2.45, 2.75) is 18.8 Å². The van der Waals surface area contributed by atoms with Crippen molar-refractivity contribution in [1.82, 2.24) is 0 Å². The van der Waals surface area contributed by atoms with E-state index in [1.807, 2.05) is 78.9 Å². The van der Waals surface area contributed by atoms with Gasteiger partial charge < -0.3 is 23.7 Å². The quantitative estimate of drug-likeness (QED) is 0.353. The summed E-state index contributed by atoms with van der Waals surface area (Å²) in [6, 6.07) is 23.9. The molecule has 0 aromatic heterocycles. The van der Waals surface area contributed by atoms with Crippen LogP contribution in [0.15, 0.2) is 84.9 Å². The van der Waals surface area contributed by atoms with Gasteiger partial charge in [-0.3, -0.25) is 0 Å². The monoisotopic (exact) mass is 472 g/mol. The molecule has 4 rings (SSSR count). The van der Waals surface area contributed by atoms with Crippen molar-refractivity contribution in [2.24, 2.45) is 5.92 Å². The largest absolute Gasteiger partial charge is 0.496 e. The Balaban J connectivity index is 1.54. The fourth-order valence-electron chi connectivity index (χ4n) is 4.28. The zero-order valence-electron chi connectivity index (χ0n) is 20.4. The molecule has 0 saturated carbocycles. The number of rotatable bonds is 9. The molecular weight excluding hydrogens is 440 g/mol. The highest BCUT2D eigenvalue weighted by molar-refractivity contribution is 5.58. The number of hydrogen-bond donors (Lipinski definition) is 0. The lowest BCUT2D eigenvalue weighted by molar-refractivity contribution is -0.215. The molecule has 0 aliphatic carbocycles. The average molecular weight is 473 g/mol. The van der Waals surface area contributed by atoms with Gasteiger partial charge in [0, 0.05) is 22.6 Å². The lowest BCUT2D eigenvalue weighted by Gasteiger charge is -2.36. The number of para-hydroxylation sites is 3. The molecule has 0 radical (unpaired) electrons. The third-order valence-electron chi connectivity index (χ3n) is 6.08. The van der Waals surface area contributed by atoms with Gasteiger partial charge >= 0.3 is 0 Å². The molecular formula is C30H32O5. The minimum Gasteiger partial charge on any atom is -0.496 e. The van der Waals surface area contributed by atoms with Crippen LogP contribution in [0.4, 0.5) is 0 Å². The second-order valence-electron chi connectivity index (χ2n) is 8.24. The van der Waals surface area contributed by atoms with Crippen molar-refractivity contribution in [3.63, 3.8) is 0 Å². The Labute approximate surface area is 207 Å². The summed E-state index contributed by atoms with van der Waals surface area (Å²) >= 11 is 0. The molecule has 5 heteroatoms. The predicted octanol–water partition coefficient (Wildman–Crippen LogP) is 6.56. The summed E-state index contributed by atoms with van der Waals surface area (Å²) in [7, 11) is 5.04. The van der Waals surface area contributed by atoms with Crippen LogP contribution in [0.3, 0.4) is 0 Å². The Hall–Kier alpha value is -3.54. The van der Waals surface area contributed by atoms with Crippen molar-refractivity contribution in [3.8, 4) is 17.2 Å². The zero-order valence-corrected chi connectivity index (χ0v) is 20.4. The number of allylic oxidation sites excluding steroid dienone is 1. The van der Waals surface area contributed by atoms with E-state index in [2.05, 4.69) is 18.2 Å². The lowest BCUT2D eigenvalue weighted by atomic mass is 9.91. The molecule has 0 bridgehead atoms. The van der Waals surface area contributed by atoms with E-state index in [1.165, 1.54) is 0 Å². The minimum absolute atomic E-state index is 0.119. The van der Waals surface area contributed by atoms with E-state index in [1.54, 1.807) is 21.3 Å². The number of ether oxygens (including phenoxy) is 5. The highest BCUT2D eigenvalue weighted by Gasteiger charge is 2.33. The Kier molecular flexibility index (Phi) is 8.60. The van der Waals surface area contributed by atoms with Gasteiger partial charge in [0.25, 0.3) is 0 Å². The molecule has 1 fully saturated rings. The van der Waals surface area contributed by atoms with Gasteiger partial charge in [0.2, 0.25) is 0 Å². The van der Waals surface area contributed by atoms with E-state index < -0.39 is 6.29 Å². The fourth-order valence-corrected chi connectivity index (χ4v) is 4.28. The molecule has 3 aromatic rings. The van der Waals surface area contributed by atoms with Crippen LogP contribution in [0.2, 0.25) is 0 Å². The van der Waals surface area contributed by atoms with E-state index in [9.17, 15) is 0 Å². The highest BCUT2D eigenvalue weighted by Crippen LogP contribution is 2.39. The van der Waals surface area contributed by atoms with Crippen LogP contribution in [-0.2, 0) is 9.47 Å². The Bertz CT molecular complexity index is 1150. The van der Waals surface area contributed by atoms with Crippen LogP contribution in [0, 0.1) is 5.92 Å². The molecule has 35 heavy (non-hydrogen) atoms. The Morgan fingerprint density at radius 2 is 1.31 bits per heavy atom. The molecule has 0 amide bonds. The van der Waals surface area contributed by atoms with Crippen LogP contribution in [0.5, 0.6) is 17.2 Å². The van der Waals surface area contributed by atoms with Crippen LogP contribution in [0.25, 0.3) is 12.2 Å². The third kappa shape index (κ3) is 6.13. The SMILES string of the molecule is COc1ccccc1/C=C/C[C@@H]1CO[C@@H](/C=C/c2ccccc2OC)O[C@H]1c1ccccc1OC. The van der Waals surface area contributed by atoms with Gasteiger partial charge in [-0.05, 0) is 30.7 Å². The van der Waals surface area contributed by atoms with Gasteiger partial charge in [0.05, 0.1) is 34.0 Å². The lowest BCUT2D eigenvalue weighted by Crippen LogP contribution is -2.34. The molecule has 5 nitrogen and oxygen atoms in total. The number of methoxy groups -OCH3 is 3. The summed E-state index contributed by atoms with van der Waals surface area (Å²) in [5.41, 5.74) is 3.03. The Morgan fingerprint density at radius 3 is 1.97 bits per heavy atom. The van der Waals surface area contributed by atoms with Crippen molar-refractivity contribution in [2.75, 3.05) is 27.9 Å². The summed E-state index contributed by atoms with van der Waals surface area (Å²) in [5, 5.41) is 0. The first-order valence-electron chi connectivity index (χ1n) is 11.7. The van der Waals surface area contributed by atoms with Gasteiger partial charge in [-0.15, -0.1) is 0 Å². The zero-order chi connectivity index (χ0) is 24.5. The van der Waals surface area contributed by atoms with E-state index in [0.717, 1.165) is 40.4 Å². The van der Waals surface area contributed by atoms with Crippen LogP contribution >= 0.6 is 0 Å². The normalized spacial score (nSPS) is 20.3. The second-order valence-corrected chi connectivity index (χ2v) is 8.24. The Morgan fingerprint density at radius 1 is 0.743 bits per heavy atom. The molecule has 1 heterocycles. The second kappa shape index (κ2) is 12.2. The van der Waals surface area contributed by atoms with Gasteiger partial charge in [-0.1, -0.05) is 72.8 Å². The molecule has 0 unspecified atom stereocenters. The van der Waals surface area contributed by atoms with Crippen molar-refractivity contribution < 1.29 is 23.7 Å². The van der Waals surface area contributed by atoms with Crippen molar-refractivity contribution >= 4 is 12.2 Å². The molecule has 1 aliphatic rings. The first-order chi connectivity index (χ1) is 17.2. The maximum Gasteiger partial charge on any atom is 0.177 e. The molecule has 1 aliphatic heterocycles. The van der Waals surface area contributed by atoms with Crippen LogP contribution in [-0.4, -0.2) is 34.2 Å². The minimum atomic E-state index is -0.482. The maximum absolute atomic E-state index is 6.48. The number of benzene rings is 3. The van der Waals surface area contributed by atoms with Gasteiger partial charge in [0.15, 0.2) is 6.29 Å². The fraction of sp³-hybridized carbons (Fsp3) is 0.267. The first-order valence-corrected chi connectivity index (χ1v) is 11.7. The highest BCUT2D eigenvalue weighted by atomic mass is 16.7. The van der Waals surface area contributed by atoms with Crippen LogP contribution in [0.1, 0.15) is 29.2 Å². The predicted molar refractivity (Wildman–Crippen MR) is 139 cm³/mol. The first kappa shape index (κ1) is 24.6. The smallest absolute Gasteiger partial charge is 0.177 e. The number of hydrogen-bond acceptors (Lipinski definition) is 5. The van der Waals surface area contributed by atoms with E-state index in [4.69, 9.17) is 23.7 Å². The third-order valence-corrected chi connectivity index (χ3v) is 6.08. The average Bonchev–Trinajstić information content (AvgIpc) is 2.92. The van der Waals surface area contributed by atoms with E-state index >= 15 is 0 Å². The van der Waals surface area contributed by atoms with E-state index in [0.29, 0.717) is 6.61 Å². The maximum atomic E-state index is 6.48. The summed E-state index contributed by atoms with van der Waals surface area (Å²) < 4.78 is 29.2. The molecule has 3 atom stereocenters. The van der Waals surface area contributed by atoms with Crippen LogP contribution < -0.4 is 14.2 Å².